The van der Waals surface area contributed by atoms with Crippen molar-refractivity contribution in [2.45, 2.75) is 24.8 Å². The van der Waals surface area contributed by atoms with Gasteiger partial charge in [-0.2, -0.15) is 5.10 Å². The number of carbonyl (C=O) groups is 1. The number of benzene rings is 1. The summed E-state index contributed by atoms with van der Waals surface area (Å²) in [6.07, 6.45) is 3.85. The Morgan fingerprint density at radius 3 is 2.64 bits per heavy atom. The molecule has 118 valence electrons. The average Bonchev–Trinajstić information content (AvgIpc) is 2.91. The van der Waals surface area contributed by atoms with E-state index in [0.717, 1.165) is 5.56 Å². The fourth-order valence-electron chi connectivity index (χ4n) is 1.96. The average molecular weight is 321 g/mol. The molecule has 22 heavy (non-hydrogen) atoms. The predicted molar refractivity (Wildman–Crippen MR) is 83.1 cm³/mol. The van der Waals surface area contributed by atoms with Crippen molar-refractivity contribution in [1.82, 2.24) is 15.1 Å². The Kier molecular flexibility index (Phi) is 5.32. The van der Waals surface area contributed by atoms with Gasteiger partial charge in [0.15, 0.2) is 9.84 Å². The van der Waals surface area contributed by atoms with Gasteiger partial charge in [-0.1, -0.05) is 18.2 Å². The van der Waals surface area contributed by atoms with E-state index >= 15 is 0 Å². The molecule has 0 aliphatic rings. The maximum atomic E-state index is 12.0. The fraction of sp³-hybridized carbons (Fsp3) is 0.333. The van der Waals surface area contributed by atoms with Crippen LogP contribution in [0.1, 0.15) is 12.0 Å². The van der Waals surface area contributed by atoms with Crippen LogP contribution in [0.2, 0.25) is 0 Å². The summed E-state index contributed by atoms with van der Waals surface area (Å²) in [5.41, 5.74) is 1.04. The normalized spacial score (nSPS) is 11.3. The van der Waals surface area contributed by atoms with Crippen molar-refractivity contribution in [3.8, 4) is 0 Å². The quantitative estimate of drug-likeness (QED) is 0.830. The van der Waals surface area contributed by atoms with Gasteiger partial charge in [0.1, 0.15) is 0 Å². The first kappa shape index (κ1) is 16.2. The largest absolute Gasteiger partial charge is 0.355 e. The molecule has 0 saturated carbocycles. The maximum absolute atomic E-state index is 12.0. The van der Waals surface area contributed by atoms with Gasteiger partial charge in [-0.15, -0.1) is 0 Å². The van der Waals surface area contributed by atoms with Gasteiger partial charge in [0.2, 0.25) is 5.91 Å². The monoisotopic (exact) mass is 321 g/mol. The van der Waals surface area contributed by atoms with E-state index in [4.69, 9.17) is 0 Å². The van der Waals surface area contributed by atoms with E-state index in [2.05, 4.69) is 10.4 Å². The van der Waals surface area contributed by atoms with Gasteiger partial charge in [-0.05, 0) is 24.6 Å². The highest BCUT2D eigenvalue weighted by molar-refractivity contribution is 7.91. The van der Waals surface area contributed by atoms with Crippen molar-refractivity contribution in [3.05, 3.63) is 48.3 Å². The molecule has 0 saturated heterocycles. The van der Waals surface area contributed by atoms with Crippen molar-refractivity contribution < 1.29 is 13.2 Å². The molecule has 0 atom stereocenters. The summed E-state index contributed by atoms with van der Waals surface area (Å²) in [6.45, 7) is 2.51. The fourth-order valence-corrected chi connectivity index (χ4v) is 3.14. The Balaban J connectivity index is 1.75. The highest BCUT2D eigenvalue weighted by Gasteiger charge is 2.13. The second kappa shape index (κ2) is 7.22. The number of nitrogens with zero attached hydrogens (tertiary/aromatic N) is 2. The number of aryl methyl sites for hydroxylation is 2. The molecule has 1 aromatic carbocycles. The lowest BCUT2D eigenvalue weighted by molar-refractivity contribution is -0.121. The second-order valence-electron chi connectivity index (χ2n) is 5.01. The third kappa shape index (κ3) is 4.70. The van der Waals surface area contributed by atoms with Crippen LogP contribution < -0.4 is 5.32 Å². The smallest absolute Gasteiger partial charge is 0.221 e. The van der Waals surface area contributed by atoms with Gasteiger partial charge in [0.05, 0.1) is 16.8 Å². The highest BCUT2D eigenvalue weighted by atomic mass is 32.2. The summed E-state index contributed by atoms with van der Waals surface area (Å²) in [4.78, 5) is 12.0. The first-order valence-electron chi connectivity index (χ1n) is 7.01. The Bertz CT molecular complexity index is 724. The lowest BCUT2D eigenvalue weighted by atomic mass is 10.4. The van der Waals surface area contributed by atoms with Crippen LogP contribution in [0.3, 0.4) is 0 Å². The summed E-state index contributed by atoms with van der Waals surface area (Å²) < 4.78 is 25.8. The number of carbonyl (C=O) groups excluding carboxylic acids is 1. The van der Waals surface area contributed by atoms with Crippen LogP contribution in [0.5, 0.6) is 0 Å². The Morgan fingerprint density at radius 2 is 2.00 bits per heavy atom. The van der Waals surface area contributed by atoms with Crippen molar-refractivity contribution in [3.63, 3.8) is 0 Å². The van der Waals surface area contributed by atoms with Gasteiger partial charge in [-0.25, -0.2) is 8.42 Å². The van der Waals surface area contributed by atoms with E-state index in [9.17, 15) is 13.2 Å². The summed E-state index contributed by atoms with van der Waals surface area (Å²) >= 11 is 0. The van der Waals surface area contributed by atoms with Gasteiger partial charge in [0, 0.05) is 25.7 Å². The molecule has 0 spiro atoms. The molecule has 7 heteroatoms. The van der Waals surface area contributed by atoms with Gasteiger partial charge < -0.3 is 5.32 Å². The molecule has 2 rings (SSSR count). The molecule has 1 aromatic heterocycles. The minimum Gasteiger partial charge on any atom is -0.355 e. The first-order chi connectivity index (χ1) is 10.5. The predicted octanol–water partition coefficient (Wildman–Crippen LogP) is 1.17. The molecule has 0 radical (unpaired) electrons. The van der Waals surface area contributed by atoms with Crippen LogP contribution in [0.15, 0.2) is 47.6 Å². The summed E-state index contributed by atoms with van der Waals surface area (Å²) in [5.74, 6) is -0.291. The van der Waals surface area contributed by atoms with E-state index in [0.29, 0.717) is 6.54 Å². The van der Waals surface area contributed by atoms with Gasteiger partial charge >= 0.3 is 0 Å². The van der Waals surface area contributed by atoms with Crippen LogP contribution >= 0.6 is 0 Å². The lowest BCUT2D eigenvalue weighted by Crippen LogP contribution is -2.29. The number of hydrogen-bond acceptors (Lipinski definition) is 4. The molecule has 0 aliphatic heterocycles. The van der Waals surface area contributed by atoms with Crippen LogP contribution in [-0.2, 0) is 21.2 Å². The molecule has 1 N–H and O–H groups in total. The third-order valence-corrected chi connectivity index (χ3v) is 4.86. The number of nitrogens with one attached hydrogen (secondary N) is 1. The topological polar surface area (TPSA) is 81.1 Å². The van der Waals surface area contributed by atoms with E-state index in [1.807, 2.05) is 13.1 Å². The van der Waals surface area contributed by atoms with Crippen molar-refractivity contribution in [2.75, 3.05) is 12.3 Å². The van der Waals surface area contributed by atoms with E-state index in [1.165, 1.54) is 0 Å². The molecule has 1 heterocycles. The van der Waals surface area contributed by atoms with Crippen LogP contribution in [0, 0.1) is 6.92 Å². The van der Waals surface area contributed by atoms with Crippen molar-refractivity contribution >= 4 is 15.7 Å². The number of rotatable bonds is 7. The molecular formula is C15H19N3O3S. The number of sulfone groups is 1. The Hall–Kier alpha value is -2.15. The molecular weight excluding hydrogens is 302 g/mol. The first-order valence-corrected chi connectivity index (χ1v) is 8.66. The Labute approximate surface area is 130 Å². The van der Waals surface area contributed by atoms with Gasteiger partial charge in [0.25, 0.3) is 0 Å². The maximum Gasteiger partial charge on any atom is 0.221 e. The molecule has 1 amide bonds. The van der Waals surface area contributed by atoms with E-state index in [1.54, 1.807) is 41.2 Å². The summed E-state index contributed by atoms with van der Waals surface area (Å²) in [7, 11) is -3.35. The zero-order valence-corrected chi connectivity index (χ0v) is 13.2. The molecule has 0 fully saturated rings. The van der Waals surface area contributed by atoms with Gasteiger partial charge in [-0.3, -0.25) is 9.48 Å². The zero-order chi connectivity index (χ0) is 16.0. The lowest BCUT2D eigenvalue weighted by Gasteiger charge is -2.07. The summed E-state index contributed by atoms with van der Waals surface area (Å²) in [6, 6.07) is 8.22. The number of aromatic nitrogens is 2. The standard InChI is InChI=1S/C15H19N3O3S/c1-13-11-17-18(12-13)9-7-15(19)16-8-10-22(20,21)14-5-3-2-4-6-14/h2-6,11-12H,7-10H2,1H3,(H,16,19). The van der Waals surface area contributed by atoms with Crippen LogP contribution in [0.25, 0.3) is 0 Å². The number of hydrogen-bond donors (Lipinski definition) is 1. The van der Waals surface area contributed by atoms with Crippen LogP contribution in [0.4, 0.5) is 0 Å². The molecule has 0 bridgehead atoms. The second-order valence-corrected chi connectivity index (χ2v) is 7.12. The van der Waals surface area contributed by atoms with Crippen molar-refractivity contribution in [2.24, 2.45) is 0 Å². The highest BCUT2D eigenvalue weighted by Crippen LogP contribution is 2.09. The minimum absolute atomic E-state index is 0.105. The molecule has 6 nitrogen and oxygen atoms in total. The minimum atomic E-state index is -3.35. The summed E-state index contributed by atoms with van der Waals surface area (Å²) in [5, 5.41) is 6.71. The Morgan fingerprint density at radius 1 is 1.27 bits per heavy atom. The zero-order valence-electron chi connectivity index (χ0n) is 12.4. The van der Waals surface area contributed by atoms with Crippen LogP contribution in [-0.4, -0.2) is 36.4 Å². The molecule has 0 unspecified atom stereocenters. The number of amides is 1. The SMILES string of the molecule is Cc1cnn(CCC(=O)NCCS(=O)(=O)c2ccccc2)c1. The molecule has 0 aliphatic carbocycles. The van der Waals surface area contributed by atoms with E-state index in [-0.39, 0.29) is 29.5 Å². The molecule has 2 aromatic rings. The van der Waals surface area contributed by atoms with E-state index < -0.39 is 9.84 Å². The third-order valence-electron chi connectivity index (χ3n) is 3.13. The van der Waals surface area contributed by atoms with Crippen molar-refractivity contribution in [1.29, 1.82) is 0 Å².